The van der Waals surface area contributed by atoms with Crippen molar-refractivity contribution in [3.8, 4) is 16.9 Å². The first kappa shape index (κ1) is 13.9. The molecule has 0 aliphatic carbocycles. The maximum absolute atomic E-state index is 12.0. The van der Waals surface area contributed by atoms with E-state index in [0.29, 0.717) is 11.1 Å². The normalized spacial score (nSPS) is 11.4. The zero-order valence-electron chi connectivity index (χ0n) is 9.08. The fourth-order valence-electron chi connectivity index (χ4n) is 1.37. The highest BCUT2D eigenvalue weighted by Gasteiger charge is 2.30. The molecule has 19 heavy (non-hydrogen) atoms. The molecule has 2 aromatic rings. The minimum Gasteiger partial charge on any atom is -0.406 e. The third-order valence-corrected chi connectivity index (χ3v) is 2.58. The van der Waals surface area contributed by atoms with Crippen molar-refractivity contribution < 1.29 is 17.9 Å². The van der Waals surface area contributed by atoms with Gasteiger partial charge < -0.3 is 4.74 Å². The van der Waals surface area contributed by atoms with E-state index in [4.69, 9.17) is 23.2 Å². The topological polar surface area (TPSA) is 35.0 Å². The number of nitrogens with zero attached hydrogens (tertiary/aromatic N) is 2. The highest BCUT2D eigenvalue weighted by atomic mass is 35.5. The molecule has 1 aromatic carbocycles. The largest absolute Gasteiger partial charge is 0.573 e. The molecule has 0 bridgehead atoms. The molecule has 0 unspecified atom stereocenters. The molecule has 1 aromatic heterocycles. The molecule has 0 saturated carbocycles. The number of halogens is 5. The van der Waals surface area contributed by atoms with Gasteiger partial charge in [-0.25, -0.2) is 9.97 Å². The average Bonchev–Trinajstić information content (AvgIpc) is 2.28. The van der Waals surface area contributed by atoms with Gasteiger partial charge in [-0.1, -0.05) is 23.7 Å². The van der Waals surface area contributed by atoms with E-state index in [2.05, 4.69) is 14.7 Å². The quantitative estimate of drug-likeness (QED) is 0.611. The van der Waals surface area contributed by atoms with Gasteiger partial charge in [0.15, 0.2) is 0 Å². The molecular formula is C11H5Cl2F3N2O. The Labute approximate surface area is 116 Å². The Bertz CT molecular complexity index is 587. The van der Waals surface area contributed by atoms with E-state index in [1.807, 2.05) is 0 Å². The number of hydrogen-bond donors (Lipinski definition) is 0. The van der Waals surface area contributed by atoms with Crippen LogP contribution < -0.4 is 4.74 Å². The second kappa shape index (κ2) is 5.22. The zero-order chi connectivity index (χ0) is 14.0. The Morgan fingerprint density at radius 2 is 1.68 bits per heavy atom. The molecule has 0 fully saturated rings. The summed E-state index contributed by atoms with van der Waals surface area (Å²) in [4.78, 5) is 7.50. The maximum Gasteiger partial charge on any atom is 0.573 e. The van der Waals surface area contributed by atoms with E-state index >= 15 is 0 Å². The Morgan fingerprint density at radius 1 is 1.05 bits per heavy atom. The van der Waals surface area contributed by atoms with Crippen LogP contribution in [0.5, 0.6) is 5.75 Å². The van der Waals surface area contributed by atoms with Crippen LogP contribution in [0.25, 0.3) is 11.1 Å². The third kappa shape index (κ3) is 3.71. The van der Waals surface area contributed by atoms with Crippen molar-refractivity contribution in [1.29, 1.82) is 0 Å². The number of ether oxygens (including phenoxy) is 1. The summed E-state index contributed by atoms with van der Waals surface area (Å²) in [5, 5.41) is 0.107. The molecule has 0 aliphatic rings. The molecule has 0 atom stereocenters. The van der Waals surface area contributed by atoms with Crippen LogP contribution in [0.2, 0.25) is 10.4 Å². The maximum atomic E-state index is 12.0. The van der Waals surface area contributed by atoms with E-state index in [1.165, 1.54) is 30.5 Å². The minimum absolute atomic E-state index is 0.00854. The SMILES string of the molecule is FC(F)(F)Oc1ccc(-c2cnc(Cl)nc2Cl)cc1. The van der Waals surface area contributed by atoms with Gasteiger partial charge in [0.05, 0.1) is 0 Å². The second-order valence-corrected chi connectivity index (χ2v) is 4.11. The number of aromatic nitrogens is 2. The van der Waals surface area contributed by atoms with Gasteiger partial charge in [-0.2, -0.15) is 0 Å². The van der Waals surface area contributed by atoms with Gasteiger partial charge in [0.1, 0.15) is 10.9 Å². The van der Waals surface area contributed by atoms with Crippen molar-refractivity contribution in [2.24, 2.45) is 0 Å². The van der Waals surface area contributed by atoms with Crippen LogP contribution in [0.3, 0.4) is 0 Å². The summed E-state index contributed by atoms with van der Waals surface area (Å²) in [5.41, 5.74) is 1.01. The minimum atomic E-state index is -4.72. The van der Waals surface area contributed by atoms with E-state index < -0.39 is 6.36 Å². The molecule has 0 amide bonds. The number of hydrogen-bond acceptors (Lipinski definition) is 3. The molecule has 0 saturated heterocycles. The Balaban J connectivity index is 2.27. The second-order valence-electron chi connectivity index (χ2n) is 3.42. The molecule has 3 nitrogen and oxygen atoms in total. The Kier molecular flexibility index (Phi) is 3.82. The molecule has 0 N–H and O–H groups in total. The number of alkyl halides is 3. The Morgan fingerprint density at radius 3 is 2.21 bits per heavy atom. The van der Waals surface area contributed by atoms with Crippen molar-refractivity contribution in [2.75, 3.05) is 0 Å². The monoisotopic (exact) mass is 308 g/mol. The predicted molar refractivity (Wildman–Crippen MR) is 64.2 cm³/mol. The van der Waals surface area contributed by atoms with Crippen LogP contribution in [-0.4, -0.2) is 16.3 Å². The van der Waals surface area contributed by atoms with Gasteiger partial charge in [-0.15, -0.1) is 13.2 Å². The van der Waals surface area contributed by atoms with Gasteiger partial charge >= 0.3 is 6.36 Å². The van der Waals surface area contributed by atoms with Gasteiger partial charge in [0.2, 0.25) is 5.28 Å². The lowest BCUT2D eigenvalue weighted by molar-refractivity contribution is -0.274. The molecule has 1 heterocycles. The standard InChI is InChI=1S/C11H5Cl2F3N2O/c12-9-8(5-17-10(13)18-9)6-1-3-7(4-2-6)19-11(14,15)16/h1-5H. The molecule has 0 aliphatic heterocycles. The summed E-state index contributed by atoms with van der Waals surface area (Å²) < 4.78 is 39.7. The fraction of sp³-hybridized carbons (Fsp3) is 0.0909. The molecule has 100 valence electrons. The van der Waals surface area contributed by atoms with Gasteiger partial charge in [-0.05, 0) is 29.3 Å². The van der Waals surface area contributed by atoms with Gasteiger partial charge in [-0.3, -0.25) is 0 Å². The summed E-state index contributed by atoms with van der Waals surface area (Å²) in [6.07, 6.45) is -3.33. The molecule has 8 heteroatoms. The lowest BCUT2D eigenvalue weighted by Gasteiger charge is -2.09. The van der Waals surface area contributed by atoms with Crippen LogP contribution in [-0.2, 0) is 0 Å². The van der Waals surface area contributed by atoms with Crippen molar-refractivity contribution >= 4 is 23.2 Å². The van der Waals surface area contributed by atoms with Crippen molar-refractivity contribution in [1.82, 2.24) is 9.97 Å². The van der Waals surface area contributed by atoms with E-state index in [1.54, 1.807) is 0 Å². The highest BCUT2D eigenvalue weighted by molar-refractivity contribution is 6.33. The van der Waals surface area contributed by atoms with Crippen LogP contribution in [0.15, 0.2) is 30.5 Å². The molecule has 0 spiro atoms. The molecule has 0 radical (unpaired) electrons. The lowest BCUT2D eigenvalue weighted by Crippen LogP contribution is -2.16. The predicted octanol–water partition coefficient (Wildman–Crippen LogP) is 4.35. The summed E-state index contributed by atoms with van der Waals surface area (Å²) in [7, 11) is 0. The number of benzene rings is 1. The smallest absolute Gasteiger partial charge is 0.406 e. The fourth-order valence-corrected chi connectivity index (χ4v) is 1.79. The van der Waals surface area contributed by atoms with E-state index in [0.717, 1.165) is 0 Å². The summed E-state index contributed by atoms with van der Waals surface area (Å²) in [5.74, 6) is -0.317. The van der Waals surface area contributed by atoms with Crippen LogP contribution in [0.4, 0.5) is 13.2 Å². The van der Waals surface area contributed by atoms with Crippen LogP contribution in [0, 0.1) is 0 Å². The number of rotatable bonds is 2. The summed E-state index contributed by atoms with van der Waals surface area (Å²) in [6, 6.07) is 5.18. The van der Waals surface area contributed by atoms with Crippen LogP contribution in [0.1, 0.15) is 0 Å². The molecule has 2 rings (SSSR count). The van der Waals surface area contributed by atoms with Crippen molar-refractivity contribution in [3.63, 3.8) is 0 Å². The first-order chi connectivity index (χ1) is 8.85. The Hall–Kier alpha value is -1.53. The first-order valence-electron chi connectivity index (χ1n) is 4.89. The van der Waals surface area contributed by atoms with Crippen LogP contribution >= 0.6 is 23.2 Å². The molecular weight excluding hydrogens is 304 g/mol. The summed E-state index contributed by atoms with van der Waals surface area (Å²) in [6.45, 7) is 0. The van der Waals surface area contributed by atoms with Crippen molar-refractivity contribution in [3.05, 3.63) is 40.9 Å². The highest BCUT2D eigenvalue weighted by Crippen LogP contribution is 2.29. The van der Waals surface area contributed by atoms with Gasteiger partial charge in [0.25, 0.3) is 0 Å². The zero-order valence-corrected chi connectivity index (χ0v) is 10.6. The lowest BCUT2D eigenvalue weighted by atomic mass is 10.1. The average molecular weight is 309 g/mol. The van der Waals surface area contributed by atoms with Crippen molar-refractivity contribution in [2.45, 2.75) is 6.36 Å². The third-order valence-electron chi connectivity index (χ3n) is 2.11. The summed E-state index contributed by atoms with van der Waals surface area (Å²) >= 11 is 11.4. The van der Waals surface area contributed by atoms with Gasteiger partial charge in [0, 0.05) is 11.8 Å². The first-order valence-corrected chi connectivity index (χ1v) is 5.65. The van der Waals surface area contributed by atoms with E-state index in [9.17, 15) is 13.2 Å². The van der Waals surface area contributed by atoms with E-state index in [-0.39, 0.29) is 16.2 Å².